The number of hydrogen-bond donors (Lipinski definition) is 0. The molecule has 1 aromatic rings. The van der Waals surface area contributed by atoms with E-state index in [-0.39, 0.29) is 11.5 Å². The highest BCUT2D eigenvalue weighted by molar-refractivity contribution is 9.10. The monoisotopic (exact) mass is 335 g/mol. The van der Waals surface area contributed by atoms with Crippen LogP contribution in [0.2, 0.25) is 0 Å². The summed E-state index contributed by atoms with van der Waals surface area (Å²) in [6, 6.07) is 4.45. The third-order valence-corrected chi connectivity index (χ3v) is 3.40. The van der Waals surface area contributed by atoms with Gasteiger partial charge < -0.3 is 0 Å². The van der Waals surface area contributed by atoms with Crippen LogP contribution < -0.4 is 0 Å². The van der Waals surface area contributed by atoms with Crippen LogP contribution in [-0.4, -0.2) is 10.7 Å². The molecule has 0 saturated carbocycles. The van der Waals surface area contributed by atoms with E-state index < -0.39 is 9.75 Å². The zero-order valence-electron chi connectivity index (χ0n) is 7.74. The molecule has 80 valence electrons. The number of nitrogens with zero attached hydrogens (tertiary/aromatic N) is 1. The van der Waals surface area contributed by atoms with Crippen LogP contribution in [0.4, 0.5) is 5.69 Å². The number of nitro groups is 1. The van der Waals surface area contributed by atoms with Gasteiger partial charge in [0.05, 0.1) is 9.75 Å². The molecule has 0 N–H and O–H groups in total. The molecule has 0 aliphatic rings. The molecule has 1 atom stereocenters. The minimum Gasteiger partial charge on any atom is -0.298 e. The van der Waals surface area contributed by atoms with E-state index in [1.807, 2.05) is 0 Å². The fourth-order valence-corrected chi connectivity index (χ4v) is 1.85. The summed E-state index contributed by atoms with van der Waals surface area (Å²) in [7, 11) is 0. The molecule has 15 heavy (non-hydrogen) atoms. The lowest BCUT2D eigenvalue weighted by molar-refractivity contribution is -0.385. The van der Waals surface area contributed by atoms with Gasteiger partial charge in [0, 0.05) is 16.6 Å². The Morgan fingerprint density at radius 2 is 2.07 bits per heavy atom. The Morgan fingerprint density at radius 3 is 2.53 bits per heavy atom. The number of rotatable bonds is 3. The Bertz CT molecular complexity index is 420. The Hall–Kier alpha value is -0.750. The van der Waals surface area contributed by atoms with Gasteiger partial charge in [-0.15, -0.1) is 0 Å². The van der Waals surface area contributed by atoms with E-state index in [2.05, 4.69) is 31.9 Å². The summed E-state index contributed by atoms with van der Waals surface area (Å²) in [6.45, 7) is 1.42. The standard InChI is InChI=1S/C9H7Br2NO3/c1-5(13)9(11)6-2-7(10)4-8(3-6)12(14)15/h2-4,9H,1H3. The van der Waals surface area contributed by atoms with Crippen molar-refractivity contribution < 1.29 is 9.72 Å². The van der Waals surface area contributed by atoms with Crippen LogP contribution in [0.15, 0.2) is 22.7 Å². The summed E-state index contributed by atoms with van der Waals surface area (Å²) in [6.07, 6.45) is 0. The molecule has 1 rings (SSSR count). The lowest BCUT2D eigenvalue weighted by Gasteiger charge is -2.06. The second kappa shape index (κ2) is 4.85. The van der Waals surface area contributed by atoms with Gasteiger partial charge >= 0.3 is 0 Å². The van der Waals surface area contributed by atoms with Gasteiger partial charge in [0.25, 0.3) is 5.69 Å². The molecule has 0 aliphatic heterocycles. The largest absolute Gasteiger partial charge is 0.298 e. The Kier molecular flexibility index (Phi) is 3.98. The minimum atomic E-state index is -0.506. The molecule has 0 aromatic heterocycles. The van der Waals surface area contributed by atoms with Gasteiger partial charge in [-0.3, -0.25) is 14.9 Å². The highest BCUT2D eigenvalue weighted by atomic mass is 79.9. The van der Waals surface area contributed by atoms with Crippen molar-refractivity contribution >= 4 is 43.3 Å². The number of non-ortho nitro benzene ring substituents is 1. The van der Waals surface area contributed by atoms with Crippen molar-refractivity contribution in [3.8, 4) is 0 Å². The Labute approximate surface area is 103 Å². The quantitative estimate of drug-likeness (QED) is 0.483. The van der Waals surface area contributed by atoms with Gasteiger partial charge in [-0.05, 0) is 18.6 Å². The number of ketones is 1. The second-order valence-electron chi connectivity index (χ2n) is 2.97. The van der Waals surface area contributed by atoms with E-state index in [1.165, 1.54) is 19.1 Å². The molecule has 0 saturated heterocycles. The van der Waals surface area contributed by atoms with Crippen molar-refractivity contribution in [2.24, 2.45) is 0 Å². The number of Topliss-reactive ketones (excluding diaryl/α,β-unsaturated/α-hetero) is 1. The predicted octanol–water partition coefficient (Wildman–Crippen LogP) is 3.38. The van der Waals surface area contributed by atoms with Gasteiger partial charge in [0.1, 0.15) is 5.78 Å². The maximum atomic E-state index is 11.1. The van der Waals surface area contributed by atoms with Crippen LogP contribution in [-0.2, 0) is 4.79 Å². The summed E-state index contributed by atoms with van der Waals surface area (Å²) in [5.74, 6) is -0.0950. The molecule has 0 spiro atoms. The minimum absolute atomic E-state index is 0.0370. The summed E-state index contributed by atoms with van der Waals surface area (Å²) >= 11 is 6.34. The second-order valence-corrected chi connectivity index (χ2v) is 4.80. The topological polar surface area (TPSA) is 60.2 Å². The van der Waals surface area contributed by atoms with E-state index in [4.69, 9.17) is 0 Å². The lowest BCUT2D eigenvalue weighted by Crippen LogP contribution is -2.01. The van der Waals surface area contributed by atoms with Gasteiger partial charge in [0.15, 0.2) is 0 Å². The fourth-order valence-electron chi connectivity index (χ4n) is 1.08. The maximum absolute atomic E-state index is 11.1. The first-order valence-corrected chi connectivity index (χ1v) is 5.72. The molecule has 0 radical (unpaired) electrons. The Balaban J connectivity index is 3.20. The van der Waals surface area contributed by atoms with E-state index in [0.29, 0.717) is 10.0 Å². The van der Waals surface area contributed by atoms with Crippen molar-refractivity contribution in [3.05, 3.63) is 38.3 Å². The van der Waals surface area contributed by atoms with Gasteiger partial charge in [0.2, 0.25) is 0 Å². The average Bonchev–Trinajstić information content (AvgIpc) is 2.15. The molecule has 0 aliphatic carbocycles. The SMILES string of the molecule is CC(=O)C(Br)c1cc(Br)cc([N+](=O)[O-])c1. The van der Waals surface area contributed by atoms with E-state index in [9.17, 15) is 14.9 Å². The van der Waals surface area contributed by atoms with E-state index >= 15 is 0 Å². The van der Waals surface area contributed by atoms with Crippen LogP contribution in [0.1, 0.15) is 17.3 Å². The first-order valence-electron chi connectivity index (χ1n) is 4.01. The van der Waals surface area contributed by atoms with Gasteiger partial charge in [-0.1, -0.05) is 31.9 Å². The zero-order chi connectivity index (χ0) is 11.6. The fraction of sp³-hybridized carbons (Fsp3) is 0.222. The molecule has 0 bridgehead atoms. The van der Waals surface area contributed by atoms with Crippen LogP contribution in [0, 0.1) is 10.1 Å². The molecule has 6 heteroatoms. The highest BCUT2D eigenvalue weighted by Crippen LogP contribution is 2.30. The number of carbonyl (C=O) groups excluding carboxylic acids is 1. The predicted molar refractivity (Wildman–Crippen MR) is 63.1 cm³/mol. The number of hydrogen-bond acceptors (Lipinski definition) is 3. The maximum Gasteiger partial charge on any atom is 0.270 e. The molecule has 0 heterocycles. The van der Waals surface area contributed by atoms with E-state index in [1.54, 1.807) is 6.07 Å². The summed E-state index contributed by atoms with van der Waals surface area (Å²) in [4.78, 5) is 20.7. The van der Waals surface area contributed by atoms with Crippen molar-refractivity contribution in [1.29, 1.82) is 0 Å². The average molecular weight is 337 g/mol. The third kappa shape index (κ3) is 3.10. The third-order valence-electron chi connectivity index (χ3n) is 1.77. The molecule has 0 amide bonds. The molecule has 1 aromatic carbocycles. The van der Waals surface area contributed by atoms with Crippen molar-refractivity contribution in [3.63, 3.8) is 0 Å². The number of alkyl halides is 1. The summed E-state index contributed by atoms with van der Waals surface area (Å²) in [5, 5.41) is 10.6. The van der Waals surface area contributed by atoms with Crippen LogP contribution in [0.5, 0.6) is 0 Å². The number of halogens is 2. The number of carbonyl (C=O) groups is 1. The van der Waals surface area contributed by atoms with Crippen molar-refractivity contribution in [2.75, 3.05) is 0 Å². The van der Waals surface area contributed by atoms with Gasteiger partial charge in [-0.25, -0.2) is 0 Å². The van der Waals surface area contributed by atoms with Crippen LogP contribution in [0.3, 0.4) is 0 Å². The number of nitro benzene ring substituents is 1. The molecular weight excluding hydrogens is 330 g/mol. The smallest absolute Gasteiger partial charge is 0.270 e. The number of benzene rings is 1. The zero-order valence-corrected chi connectivity index (χ0v) is 10.9. The van der Waals surface area contributed by atoms with Gasteiger partial charge in [-0.2, -0.15) is 0 Å². The lowest BCUT2D eigenvalue weighted by atomic mass is 10.1. The van der Waals surface area contributed by atoms with Crippen LogP contribution in [0.25, 0.3) is 0 Å². The normalized spacial score (nSPS) is 12.2. The van der Waals surface area contributed by atoms with Crippen LogP contribution >= 0.6 is 31.9 Å². The molecular formula is C9H7Br2NO3. The van der Waals surface area contributed by atoms with Crippen molar-refractivity contribution in [2.45, 2.75) is 11.8 Å². The summed E-state index contributed by atoms with van der Waals surface area (Å²) < 4.78 is 0.581. The highest BCUT2D eigenvalue weighted by Gasteiger charge is 2.17. The molecule has 4 nitrogen and oxygen atoms in total. The van der Waals surface area contributed by atoms with E-state index in [0.717, 1.165) is 0 Å². The Morgan fingerprint density at radius 1 is 1.47 bits per heavy atom. The first-order chi connectivity index (χ1) is 6.91. The van der Waals surface area contributed by atoms with Crippen molar-refractivity contribution in [1.82, 2.24) is 0 Å². The first kappa shape index (κ1) is 12.3. The summed E-state index contributed by atoms with van der Waals surface area (Å²) in [5.41, 5.74) is 0.536. The molecule has 1 unspecified atom stereocenters. The molecule has 0 fully saturated rings.